The van der Waals surface area contributed by atoms with Gasteiger partial charge in [-0.2, -0.15) is 10.4 Å². The second-order valence-corrected chi connectivity index (χ2v) is 7.89. The van der Waals surface area contributed by atoms with Crippen LogP contribution in [-0.4, -0.2) is 22.4 Å². The lowest BCUT2D eigenvalue weighted by molar-refractivity contribution is 0.695. The Labute approximate surface area is 163 Å². The van der Waals surface area contributed by atoms with Gasteiger partial charge in [0.2, 0.25) is 0 Å². The van der Waals surface area contributed by atoms with Crippen molar-refractivity contribution in [3.63, 3.8) is 0 Å². The molecule has 0 saturated carbocycles. The smallest absolute Gasteiger partial charge is 0.186 e. The molecule has 2 aromatic heterocycles. The minimum atomic E-state index is 0.509. The molecule has 0 radical (unpaired) electrons. The van der Waals surface area contributed by atoms with E-state index in [-0.39, 0.29) is 0 Å². The van der Waals surface area contributed by atoms with Crippen LogP contribution in [0.4, 0.5) is 0 Å². The van der Waals surface area contributed by atoms with E-state index in [1.807, 2.05) is 6.92 Å². The van der Waals surface area contributed by atoms with Crippen molar-refractivity contribution in [2.75, 3.05) is 6.54 Å². The Morgan fingerprint density at radius 1 is 1.42 bits per heavy atom. The van der Waals surface area contributed by atoms with Crippen LogP contribution in [-0.2, 0) is 12.8 Å². The van der Waals surface area contributed by atoms with Crippen molar-refractivity contribution in [2.24, 2.45) is 5.10 Å². The first-order chi connectivity index (χ1) is 12.6. The maximum atomic E-state index is 9.75. The molecule has 1 aliphatic rings. The zero-order valence-corrected chi connectivity index (χ0v) is 17.0. The number of nitrogens with one attached hydrogen (secondary N) is 2. The monoisotopic (exact) mass is 385 g/mol. The molecule has 3 rings (SSSR count). The number of thiocarbonyl (C=S) groups is 1. The molecule has 5 nitrogen and oxygen atoms in total. The van der Waals surface area contributed by atoms with Gasteiger partial charge in [-0.1, -0.05) is 0 Å². The van der Waals surface area contributed by atoms with Crippen LogP contribution in [0, 0.1) is 25.2 Å². The largest absolute Gasteiger partial charge is 0.362 e. The summed E-state index contributed by atoms with van der Waals surface area (Å²) in [5.41, 5.74) is 8.14. The van der Waals surface area contributed by atoms with Crippen molar-refractivity contribution in [3.8, 4) is 11.1 Å². The number of rotatable bonds is 4. The van der Waals surface area contributed by atoms with Gasteiger partial charge in [-0.15, -0.1) is 11.3 Å². The lowest BCUT2D eigenvalue weighted by atomic mass is 9.96. The van der Waals surface area contributed by atoms with Crippen LogP contribution >= 0.6 is 23.6 Å². The van der Waals surface area contributed by atoms with Gasteiger partial charge in [0.25, 0.3) is 0 Å². The summed E-state index contributed by atoms with van der Waals surface area (Å²) in [5, 5.41) is 18.5. The average Bonchev–Trinajstić information content (AvgIpc) is 3.11. The summed E-state index contributed by atoms with van der Waals surface area (Å²) in [4.78, 5) is 1.38. The van der Waals surface area contributed by atoms with E-state index >= 15 is 0 Å². The van der Waals surface area contributed by atoms with Gasteiger partial charge in [0.15, 0.2) is 5.11 Å². The third-order valence-corrected chi connectivity index (χ3v) is 6.16. The molecule has 0 aliphatic heterocycles. The summed E-state index contributed by atoms with van der Waals surface area (Å²) >= 11 is 6.88. The summed E-state index contributed by atoms with van der Waals surface area (Å²) in [7, 11) is 0. The second kappa shape index (κ2) is 8.02. The van der Waals surface area contributed by atoms with Crippen molar-refractivity contribution in [1.82, 2.24) is 15.3 Å². The van der Waals surface area contributed by atoms with E-state index in [2.05, 4.69) is 46.4 Å². The summed E-state index contributed by atoms with van der Waals surface area (Å²) in [6, 6.07) is 4.55. The number of hydrogen-bond donors (Lipinski definition) is 2. The van der Waals surface area contributed by atoms with Gasteiger partial charge in [0, 0.05) is 28.4 Å². The minimum Gasteiger partial charge on any atom is -0.362 e. The highest BCUT2D eigenvalue weighted by Gasteiger charge is 2.23. The summed E-state index contributed by atoms with van der Waals surface area (Å²) in [6.45, 7) is 6.88. The van der Waals surface area contributed by atoms with Crippen molar-refractivity contribution >= 4 is 34.9 Å². The molecule has 0 amide bonds. The molecule has 0 spiro atoms. The number of hydrazone groups is 1. The molecule has 2 aromatic rings. The van der Waals surface area contributed by atoms with Crippen molar-refractivity contribution in [2.45, 2.75) is 46.5 Å². The fraction of sp³-hybridized carbons (Fsp3) is 0.421. The van der Waals surface area contributed by atoms with Crippen LogP contribution in [0.15, 0.2) is 11.2 Å². The van der Waals surface area contributed by atoms with E-state index in [0.717, 1.165) is 46.9 Å². The average molecular weight is 386 g/mol. The molecule has 0 unspecified atom stereocenters. The van der Waals surface area contributed by atoms with Gasteiger partial charge < -0.3 is 9.88 Å². The molecule has 7 heteroatoms. The van der Waals surface area contributed by atoms with Crippen LogP contribution in [0.3, 0.4) is 0 Å². The zero-order valence-electron chi connectivity index (χ0n) is 15.3. The summed E-state index contributed by atoms with van der Waals surface area (Å²) < 4.78 is 2.19. The van der Waals surface area contributed by atoms with Gasteiger partial charge in [-0.3, -0.25) is 5.43 Å². The zero-order chi connectivity index (χ0) is 18.7. The maximum Gasteiger partial charge on any atom is 0.186 e. The highest BCUT2D eigenvalue weighted by molar-refractivity contribution is 7.80. The Morgan fingerprint density at radius 3 is 2.92 bits per heavy atom. The SMILES string of the molecule is CCNC(=S)NN=Cc1cc(C)n(-c2sc3c(c2C#N)CCCC3)c1C. The normalized spacial score (nSPS) is 13.5. The number of nitrogens with zero attached hydrogens (tertiary/aromatic N) is 3. The molecule has 0 bridgehead atoms. The van der Waals surface area contributed by atoms with E-state index < -0.39 is 0 Å². The summed E-state index contributed by atoms with van der Waals surface area (Å²) in [5.74, 6) is 0. The highest BCUT2D eigenvalue weighted by atomic mass is 32.1. The Balaban J connectivity index is 1.94. The van der Waals surface area contributed by atoms with Crippen LogP contribution in [0.1, 0.15) is 52.7 Å². The number of hydrogen-bond acceptors (Lipinski definition) is 4. The standard InChI is InChI=1S/C19H23N5S2/c1-4-21-19(25)23-22-11-14-9-12(2)24(13(14)3)18-16(10-20)15-7-5-6-8-17(15)26-18/h9,11H,4-8H2,1-3H3,(H2,21,23,25). The van der Waals surface area contributed by atoms with Gasteiger partial charge >= 0.3 is 0 Å². The molecule has 136 valence electrons. The Bertz CT molecular complexity index is 898. The fourth-order valence-electron chi connectivity index (χ4n) is 3.42. The van der Waals surface area contributed by atoms with Gasteiger partial charge in [0.1, 0.15) is 11.1 Å². The Morgan fingerprint density at radius 2 is 2.19 bits per heavy atom. The molecule has 2 N–H and O–H groups in total. The Kier molecular flexibility index (Phi) is 5.74. The molecule has 0 fully saturated rings. The number of nitriles is 1. The molecule has 0 saturated heterocycles. The van der Waals surface area contributed by atoms with Crippen LogP contribution in [0.2, 0.25) is 0 Å². The van der Waals surface area contributed by atoms with Gasteiger partial charge in [-0.25, -0.2) is 0 Å². The van der Waals surface area contributed by atoms with Crippen molar-refractivity contribution in [3.05, 3.63) is 39.0 Å². The number of thiophene rings is 1. The number of fused-ring (bicyclic) bond motifs is 1. The van der Waals surface area contributed by atoms with Crippen molar-refractivity contribution < 1.29 is 0 Å². The maximum absolute atomic E-state index is 9.75. The van der Waals surface area contributed by atoms with Gasteiger partial charge in [0.05, 0.1) is 11.8 Å². The molecule has 2 heterocycles. The van der Waals surface area contributed by atoms with Gasteiger partial charge in [-0.05, 0) is 70.3 Å². The van der Waals surface area contributed by atoms with E-state index in [1.165, 1.54) is 23.3 Å². The predicted octanol–water partition coefficient (Wildman–Crippen LogP) is 3.72. The molecule has 1 aliphatic carbocycles. The van der Waals surface area contributed by atoms with E-state index in [9.17, 15) is 5.26 Å². The third-order valence-electron chi connectivity index (χ3n) is 4.64. The van der Waals surface area contributed by atoms with Crippen molar-refractivity contribution in [1.29, 1.82) is 5.26 Å². The lowest BCUT2D eigenvalue weighted by Crippen LogP contribution is -2.31. The second-order valence-electron chi connectivity index (χ2n) is 6.39. The topological polar surface area (TPSA) is 65.1 Å². The van der Waals surface area contributed by atoms with Crippen LogP contribution in [0.5, 0.6) is 0 Å². The summed E-state index contributed by atoms with van der Waals surface area (Å²) in [6.07, 6.45) is 6.29. The molecule has 0 atom stereocenters. The van der Waals surface area contributed by atoms with Crippen LogP contribution < -0.4 is 10.7 Å². The lowest BCUT2D eigenvalue weighted by Gasteiger charge is -2.10. The molecule has 26 heavy (non-hydrogen) atoms. The van der Waals surface area contributed by atoms with E-state index in [1.54, 1.807) is 17.6 Å². The Hall–Kier alpha value is -2.17. The third kappa shape index (κ3) is 3.53. The number of aryl methyl sites for hydroxylation is 2. The van der Waals surface area contributed by atoms with E-state index in [4.69, 9.17) is 12.2 Å². The first-order valence-electron chi connectivity index (χ1n) is 8.87. The number of aromatic nitrogens is 1. The van der Waals surface area contributed by atoms with Crippen LogP contribution in [0.25, 0.3) is 5.00 Å². The fourth-order valence-corrected chi connectivity index (χ4v) is 5.06. The molecule has 0 aromatic carbocycles. The molecular weight excluding hydrogens is 362 g/mol. The molecular formula is C19H23N5S2. The highest BCUT2D eigenvalue weighted by Crippen LogP contribution is 2.38. The minimum absolute atomic E-state index is 0.509. The first kappa shape index (κ1) is 18.6. The van der Waals surface area contributed by atoms with E-state index in [0.29, 0.717) is 5.11 Å². The predicted molar refractivity (Wildman–Crippen MR) is 111 cm³/mol. The first-order valence-corrected chi connectivity index (χ1v) is 10.1. The quantitative estimate of drug-likeness (QED) is 0.478.